The summed E-state index contributed by atoms with van der Waals surface area (Å²) >= 11 is 5.79. The molecule has 0 unspecified atom stereocenters. The van der Waals surface area contributed by atoms with E-state index in [-0.39, 0.29) is 5.91 Å². The van der Waals surface area contributed by atoms with Crippen molar-refractivity contribution in [2.45, 2.75) is 6.54 Å². The Hall–Kier alpha value is -2.11. The Balaban J connectivity index is 1.99. The molecule has 1 heterocycles. The summed E-state index contributed by atoms with van der Waals surface area (Å²) in [5, 5.41) is 3.44. The summed E-state index contributed by atoms with van der Waals surface area (Å²) in [7, 11) is 0. The van der Waals surface area contributed by atoms with Crippen LogP contribution in [0.1, 0.15) is 16.1 Å². The molecule has 5 nitrogen and oxygen atoms in total. The van der Waals surface area contributed by atoms with Crippen LogP contribution in [-0.2, 0) is 6.54 Å². The van der Waals surface area contributed by atoms with Crippen molar-refractivity contribution in [3.05, 3.63) is 58.9 Å². The second-order valence-corrected chi connectivity index (χ2v) is 4.32. The molecule has 19 heavy (non-hydrogen) atoms. The molecule has 0 aliphatic carbocycles. The molecule has 0 spiro atoms. The minimum absolute atomic E-state index is 0.257. The van der Waals surface area contributed by atoms with Gasteiger partial charge in [-0.2, -0.15) is 0 Å². The Bertz CT molecular complexity index is 571. The molecule has 2 aromatic rings. The summed E-state index contributed by atoms with van der Waals surface area (Å²) < 4.78 is 0. The molecule has 1 aromatic heterocycles. The number of nitrogens with two attached hydrogens (primary N) is 1. The smallest absolute Gasteiger partial charge is 0.270 e. The maximum atomic E-state index is 11.9. The average molecular weight is 277 g/mol. The lowest BCUT2D eigenvalue weighted by atomic mass is 10.2. The van der Waals surface area contributed by atoms with E-state index in [4.69, 9.17) is 17.4 Å². The predicted molar refractivity (Wildman–Crippen MR) is 74.7 cm³/mol. The lowest BCUT2D eigenvalue weighted by Crippen LogP contribution is -2.24. The third kappa shape index (κ3) is 3.67. The molecule has 0 saturated heterocycles. The molecular formula is C13H13ClN4O. The Morgan fingerprint density at radius 1 is 1.26 bits per heavy atom. The number of hydrogen-bond acceptors (Lipinski definition) is 4. The molecule has 1 aromatic carbocycles. The third-order valence-electron chi connectivity index (χ3n) is 2.53. The lowest BCUT2D eigenvalue weighted by molar-refractivity contribution is 0.0946. The topological polar surface area (TPSA) is 80.0 Å². The Labute approximate surface area is 115 Å². The van der Waals surface area contributed by atoms with E-state index in [9.17, 15) is 4.79 Å². The van der Waals surface area contributed by atoms with Crippen LogP contribution in [0, 0.1) is 0 Å². The van der Waals surface area contributed by atoms with Crippen LogP contribution in [0.25, 0.3) is 0 Å². The molecule has 0 saturated carbocycles. The number of hydrazine groups is 1. The van der Waals surface area contributed by atoms with Gasteiger partial charge >= 0.3 is 0 Å². The molecule has 0 fully saturated rings. The Morgan fingerprint density at radius 2 is 2.00 bits per heavy atom. The van der Waals surface area contributed by atoms with E-state index in [0.29, 0.717) is 22.9 Å². The summed E-state index contributed by atoms with van der Waals surface area (Å²) in [6, 6.07) is 10.5. The first-order chi connectivity index (χ1) is 9.19. The van der Waals surface area contributed by atoms with Crippen LogP contribution in [0.3, 0.4) is 0 Å². The Kier molecular flexibility index (Phi) is 4.33. The molecule has 4 N–H and O–H groups in total. The van der Waals surface area contributed by atoms with E-state index in [0.717, 1.165) is 5.56 Å². The van der Waals surface area contributed by atoms with E-state index < -0.39 is 0 Å². The number of nitrogens with one attached hydrogen (secondary N) is 2. The van der Waals surface area contributed by atoms with Gasteiger partial charge in [0.15, 0.2) is 0 Å². The summed E-state index contributed by atoms with van der Waals surface area (Å²) in [5.41, 5.74) is 4.37. The van der Waals surface area contributed by atoms with Crippen LogP contribution in [0.5, 0.6) is 0 Å². The van der Waals surface area contributed by atoms with Gasteiger partial charge in [-0.25, -0.2) is 0 Å². The molecule has 0 aliphatic rings. The van der Waals surface area contributed by atoms with Crippen LogP contribution in [0.15, 0.2) is 42.6 Å². The fourth-order valence-corrected chi connectivity index (χ4v) is 1.65. The summed E-state index contributed by atoms with van der Waals surface area (Å²) in [5.74, 6) is 5.02. The highest BCUT2D eigenvalue weighted by Crippen LogP contribution is 2.10. The monoisotopic (exact) mass is 276 g/mol. The van der Waals surface area contributed by atoms with Crippen LogP contribution in [-0.4, -0.2) is 10.9 Å². The quantitative estimate of drug-likeness (QED) is 0.589. The molecule has 98 valence electrons. The molecule has 0 bridgehead atoms. The van der Waals surface area contributed by atoms with Gasteiger partial charge in [0.2, 0.25) is 0 Å². The molecule has 0 aliphatic heterocycles. The fourth-order valence-electron chi connectivity index (χ4n) is 1.52. The zero-order valence-corrected chi connectivity index (χ0v) is 10.8. The van der Waals surface area contributed by atoms with Crippen LogP contribution < -0.4 is 16.6 Å². The highest BCUT2D eigenvalue weighted by atomic mass is 35.5. The van der Waals surface area contributed by atoms with Crippen LogP contribution in [0.2, 0.25) is 5.02 Å². The van der Waals surface area contributed by atoms with Crippen molar-refractivity contribution < 1.29 is 4.79 Å². The first-order valence-corrected chi connectivity index (χ1v) is 6.02. The lowest BCUT2D eigenvalue weighted by Gasteiger charge is -2.06. The van der Waals surface area contributed by atoms with Crippen molar-refractivity contribution in [2.24, 2.45) is 5.84 Å². The number of rotatable bonds is 4. The highest BCUT2D eigenvalue weighted by molar-refractivity contribution is 6.30. The Morgan fingerprint density at radius 3 is 2.68 bits per heavy atom. The van der Waals surface area contributed by atoms with Gasteiger partial charge in [0.05, 0.1) is 5.69 Å². The number of halogens is 1. The number of carbonyl (C=O) groups is 1. The standard InChI is InChI=1S/C13H13ClN4O/c14-10-3-1-9(2-4-10)8-17-13(19)12-7-11(18-15)5-6-16-12/h1-7H,8,15H2,(H,16,18)(H,17,19). The maximum absolute atomic E-state index is 11.9. The second kappa shape index (κ2) is 6.17. The van der Waals surface area contributed by atoms with Gasteiger partial charge in [0.1, 0.15) is 5.69 Å². The van der Waals surface area contributed by atoms with Crippen molar-refractivity contribution in [3.8, 4) is 0 Å². The first-order valence-electron chi connectivity index (χ1n) is 5.64. The zero-order valence-electron chi connectivity index (χ0n) is 10.1. The van der Waals surface area contributed by atoms with E-state index in [1.807, 2.05) is 12.1 Å². The van der Waals surface area contributed by atoms with E-state index in [2.05, 4.69) is 15.7 Å². The first kappa shape index (κ1) is 13.3. The number of carbonyl (C=O) groups excluding carboxylic acids is 1. The molecular weight excluding hydrogens is 264 g/mol. The van der Waals surface area contributed by atoms with Gasteiger partial charge in [0, 0.05) is 17.8 Å². The highest BCUT2D eigenvalue weighted by Gasteiger charge is 2.07. The molecule has 2 rings (SSSR count). The molecule has 1 amide bonds. The van der Waals surface area contributed by atoms with Crippen molar-refractivity contribution in [2.75, 3.05) is 5.43 Å². The number of hydrogen-bond donors (Lipinski definition) is 3. The minimum atomic E-state index is -0.257. The fraction of sp³-hybridized carbons (Fsp3) is 0.0769. The maximum Gasteiger partial charge on any atom is 0.270 e. The second-order valence-electron chi connectivity index (χ2n) is 3.88. The van der Waals surface area contributed by atoms with Crippen molar-refractivity contribution >= 4 is 23.2 Å². The van der Waals surface area contributed by atoms with Gasteiger partial charge in [-0.15, -0.1) is 0 Å². The number of pyridine rings is 1. The largest absolute Gasteiger partial charge is 0.347 e. The zero-order chi connectivity index (χ0) is 13.7. The van der Waals surface area contributed by atoms with Crippen LogP contribution >= 0.6 is 11.6 Å². The predicted octanol–water partition coefficient (Wildman–Crippen LogP) is 1.95. The van der Waals surface area contributed by atoms with Crippen molar-refractivity contribution in [1.29, 1.82) is 0 Å². The van der Waals surface area contributed by atoms with Gasteiger partial charge in [0.25, 0.3) is 5.91 Å². The number of aromatic nitrogens is 1. The minimum Gasteiger partial charge on any atom is -0.347 e. The molecule has 6 heteroatoms. The van der Waals surface area contributed by atoms with Crippen molar-refractivity contribution in [3.63, 3.8) is 0 Å². The third-order valence-corrected chi connectivity index (χ3v) is 2.78. The van der Waals surface area contributed by atoms with Gasteiger partial charge in [-0.05, 0) is 29.8 Å². The van der Waals surface area contributed by atoms with Crippen molar-refractivity contribution in [1.82, 2.24) is 10.3 Å². The van der Waals surface area contributed by atoms with E-state index in [1.165, 1.54) is 6.20 Å². The molecule has 0 atom stereocenters. The summed E-state index contributed by atoms with van der Waals surface area (Å²) in [6.45, 7) is 0.415. The number of anilines is 1. The van der Waals surface area contributed by atoms with Gasteiger partial charge < -0.3 is 10.7 Å². The summed E-state index contributed by atoms with van der Waals surface area (Å²) in [6.07, 6.45) is 1.52. The van der Waals surface area contributed by atoms with Gasteiger partial charge in [-0.1, -0.05) is 23.7 Å². The average Bonchev–Trinajstić information content (AvgIpc) is 2.46. The van der Waals surface area contributed by atoms with Gasteiger partial charge in [-0.3, -0.25) is 15.6 Å². The SMILES string of the molecule is NNc1ccnc(C(=O)NCc2ccc(Cl)cc2)c1. The number of amides is 1. The number of nitrogens with zero attached hydrogens (tertiary/aromatic N) is 1. The number of benzene rings is 1. The normalized spacial score (nSPS) is 10.0. The van der Waals surface area contributed by atoms with E-state index in [1.54, 1.807) is 24.3 Å². The van der Waals surface area contributed by atoms with Crippen LogP contribution in [0.4, 0.5) is 5.69 Å². The number of nitrogen functional groups attached to an aromatic ring is 1. The van der Waals surface area contributed by atoms with E-state index >= 15 is 0 Å². The summed E-state index contributed by atoms with van der Waals surface area (Å²) in [4.78, 5) is 15.9. The molecule has 0 radical (unpaired) electrons.